The average Bonchev–Trinajstić information content (AvgIpc) is 2.75. The van der Waals surface area contributed by atoms with Crippen molar-refractivity contribution in [2.24, 2.45) is 11.1 Å². The minimum atomic E-state index is -0.0887. The van der Waals surface area contributed by atoms with Gasteiger partial charge in [0.15, 0.2) is 0 Å². The lowest BCUT2D eigenvalue weighted by atomic mass is 9.90. The van der Waals surface area contributed by atoms with Crippen molar-refractivity contribution in [1.29, 1.82) is 0 Å². The van der Waals surface area contributed by atoms with Gasteiger partial charge in [-0.05, 0) is 24.3 Å². The number of hydrogen-bond donors (Lipinski definition) is 2. The van der Waals surface area contributed by atoms with E-state index in [1.165, 1.54) is 12.7 Å². The van der Waals surface area contributed by atoms with Gasteiger partial charge in [-0.2, -0.15) is 0 Å². The molecule has 0 radical (unpaired) electrons. The Hall–Kier alpha value is -1.00. The molecule has 1 heterocycles. The third-order valence-electron chi connectivity index (χ3n) is 2.76. The minimum Gasteiger partial charge on any atom is -0.467 e. The smallest absolute Gasteiger partial charge is 0.254 e. The van der Waals surface area contributed by atoms with Crippen LogP contribution in [-0.2, 0) is 6.54 Å². The van der Waals surface area contributed by atoms with Crippen LogP contribution in [-0.4, -0.2) is 12.5 Å². The first-order valence-electron chi connectivity index (χ1n) is 6.48. The maximum absolute atomic E-state index is 11.7. The number of carbonyl (C=O) groups is 1. The van der Waals surface area contributed by atoms with Gasteiger partial charge in [0.1, 0.15) is 12.0 Å². The number of nitrogens with two attached hydrogens (primary N) is 1. The number of unbranched alkanes of at least 4 members (excludes halogenated alkanes) is 1. The molecule has 1 rings (SSSR count). The summed E-state index contributed by atoms with van der Waals surface area (Å²) in [5, 5.41) is 2.88. The van der Waals surface area contributed by atoms with Gasteiger partial charge in [0.2, 0.25) is 0 Å². The molecule has 0 saturated carbocycles. The molecule has 110 valence electrons. The fourth-order valence-corrected chi connectivity index (χ4v) is 1.69. The number of rotatable bonds is 6. The van der Waals surface area contributed by atoms with Gasteiger partial charge in [-0.25, -0.2) is 0 Å². The summed E-state index contributed by atoms with van der Waals surface area (Å²) in [6.45, 7) is 7.71. The Morgan fingerprint density at radius 3 is 2.58 bits per heavy atom. The Morgan fingerprint density at radius 2 is 2.05 bits per heavy atom. The second kappa shape index (κ2) is 8.23. The summed E-state index contributed by atoms with van der Waals surface area (Å²) in [5.74, 6) is 0.544. The van der Waals surface area contributed by atoms with Gasteiger partial charge in [-0.15, -0.1) is 12.4 Å². The number of amides is 1. The monoisotopic (exact) mass is 288 g/mol. The van der Waals surface area contributed by atoms with Crippen LogP contribution in [0.25, 0.3) is 0 Å². The predicted molar refractivity (Wildman–Crippen MR) is 79.5 cm³/mol. The van der Waals surface area contributed by atoms with E-state index in [4.69, 9.17) is 10.2 Å². The largest absolute Gasteiger partial charge is 0.467 e. The quantitative estimate of drug-likeness (QED) is 0.790. The maximum Gasteiger partial charge on any atom is 0.254 e. The van der Waals surface area contributed by atoms with Gasteiger partial charge in [0.25, 0.3) is 5.91 Å². The van der Waals surface area contributed by atoms with E-state index in [0.29, 0.717) is 29.8 Å². The summed E-state index contributed by atoms with van der Waals surface area (Å²) in [6, 6.07) is 1.69. The first-order valence-corrected chi connectivity index (χ1v) is 6.48. The van der Waals surface area contributed by atoms with Gasteiger partial charge >= 0.3 is 0 Å². The van der Waals surface area contributed by atoms with Crippen molar-refractivity contribution >= 4 is 18.3 Å². The van der Waals surface area contributed by atoms with Crippen LogP contribution in [0.3, 0.4) is 0 Å². The molecule has 4 nitrogen and oxygen atoms in total. The summed E-state index contributed by atoms with van der Waals surface area (Å²) in [5.41, 5.74) is 6.33. The molecule has 0 aromatic carbocycles. The zero-order chi connectivity index (χ0) is 13.6. The Bertz CT molecular complexity index is 383. The highest BCUT2D eigenvalue weighted by Gasteiger charge is 2.10. The normalized spacial score (nSPS) is 10.9. The van der Waals surface area contributed by atoms with E-state index in [0.717, 1.165) is 12.8 Å². The standard InChI is InChI=1S/C14H24N2O2.ClH/c1-14(2,3)6-4-5-7-16-13(17)11-8-12(9-15)18-10-11;/h8,10H,4-7,9,15H2,1-3H3,(H,16,17);1H. The molecular formula is C14H25ClN2O2. The summed E-state index contributed by atoms with van der Waals surface area (Å²) in [7, 11) is 0. The van der Waals surface area contributed by atoms with Gasteiger partial charge in [0, 0.05) is 6.54 Å². The number of hydrogen-bond acceptors (Lipinski definition) is 3. The molecule has 1 aromatic heterocycles. The molecule has 0 aliphatic carbocycles. The predicted octanol–water partition coefficient (Wildman–Crippen LogP) is 3.11. The Morgan fingerprint density at radius 1 is 1.37 bits per heavy atom. The number of halogens is 1. The molecular weight excluding hydrogens is 264 g/mol. The topological polar surface area (TPSA) is 68.3 Å². The van der Waals surface area contributed by atoms with E-state index < -0.39 is 0 Å². The van der Waals surface area contributed by atoms with E-state index in [1.807, 2.05) is 0 Å². The molecule has 0 unspecified atom stereocenters. The third-order valence-corrected chi connectivity index (χ3v) is 2.76. The lowest BCUT2D eigenvalue weighted by molar-refractivity contribution is 0.0952. The Balaban J connectivity index is 0.00000324. The summed E-state index contributed by atoms with van der Waals surface area (Å²) >= 11 is 0. The number of carbonyl (C=O) groups excluding carboxylic acids is 1. The van der Waals surface area contributed by atoms with E-state index in [1.54, 1.807) is 6.07 Å². The summed E-state index contributed by atoms with van der Waals surface area (Å²) < 4.78 is 5.12. The molecule has 0 atom stereocenters. The highest BCUT2D eigenvalue weighted by atomic mass is 35.5. The first kappa shape index (κ1) is 18.0. The van der Waals surface area contributed by atoms with Gasteiger partial charge in [-0.1, -0.05) is 27.2 Å². The van der Waals surface area contributed by atoms with Gasteiger partial charge in [0.05, 0.1) is 12.1 Å². The lowest BCUT2D eigenvalue weighted by Crippen LogP contribution is -2.24. The maximum atomic E-state index is 11.7. The minimum absolute atomic E-state index is 0. The molecule has 0 aliphatic rings. The van der Waals surface area contributed by atoms with Crippen molar-refractivity contribution in [3.8, 4) is 0 Å². The fourth-order valence-electron chi connectivity index (χ4n) is 1.69. The Kier molecular flexibility index (Phi) is 7.79. The molecule has 0 spiro atoms. The van der Waals surface area contributed by atoms with Crippen LogP contribution < -0.4 is 11.1 Å². The molecule has 3 N–H and O–H groups in total. The molecule has 0 fully saturated rings. The van der Waals surface area contributed by atoms with Crippen molar-refractivity contribution in [3.05, 3.63) is 23.7 Å². The Labute approximate surface area is 121 Å². The highest BCUT2D eigenvalue weighted by Crippen LogP contribution is 2.21. The van der Waals surface area contributed by atoms with Crippen molar-refractivity contribution in [1.82, 2.24) is 5.32 Å². The van der Waals surface area contributed by atoms with E-state index >= 15 is 0 Å². The third kappa shape index (κ3) is 7.23. The van der Waals surface area contributed by atoms with Gasteiger partial charge in [-0.3, -0.25) is 4.79 Å². The molecule has 1 amide bonds. The van der Waals surface area contributed by atoms with Gasteiger partial charge < -0.3 is 15.5 Å². The zero-order valence-electron chi connectivity index (χ0n) is 12.0. The number of nitrogens with one attached hydrogen (secondary N) is 1. The van der Waals surface area contributed by atoms with Crippen LogP contribution in [0.1, 0.15) is 56.2 Å². The van der Waals surface area contributed by atoms with Crippen molar-refractivity contribution in [2.75, 3.05) is 6.54 Å². The summed E-state index contributed by atoms with van der Waals surface area (Å²) in [6.07, 6.45) is 4.76. The van der Waals surface area contributed by atoms with Crippen molar-refractivity contribution < 1.29 is 9.21 Å². The van der Waals surface area contributed by atoms with Crippen molar-refractivity contribution in [3.63, 3.8) is 0 Å². The second-order valence-corrected chi connectivity index (χ2v) is 5.78. The molecule has 19 heavy (non-hydrogen) atoms. The molecule has 5 heteroatoms. The molecule has 1 aromatic rings. The van der Waals surface area contributed by atoms with E-state index in [-0.39, 0.29) is 18.3 Å². The van der Waals surface area contributed by atoms with E-state index in [9.17, 15) is 4.79 Å². The van der Waals surface area contributed by atoms with Crippen molar-refractivity contribution in [2.45, 2.75) is 46.6 Å². The SMILES string of the molecule is CC(C)(C)CCCCNC(=O)c1coc(CN)c1.Cl. The van der Waals surface area contributed by atoms with Crippen LogP contribution >= 0.6 is 12.4 Å². The molecule has 0 saturated heterocycles. The highest BCUT2D eigenvalue weighted by molar-refractivity contribution is 5.93. The average molecular weight is 289 g/mol. The fraction of sp³-hybridized carbons (Fsp3) is 0.643. The molecule has 0 bridgehead atoms. The van der Waals surface area contributed by atoms with Crippen LogP contribution in [0, 0.1) is 5.41 Å². The molecule has 0 aliphatic heterocycles. The second-order valence-electron chi connectivity index (χ2n) is 5.78. The lowest BCUT2D eigenvalue weighted by Gasteiger charge is -2.17. The first-order chi connectivity index (χ1) is 8.42. The number of furan rings is 1. The van der Waals surface area contributed by atoms with Crippen LogP contribution in [0.5, 0.6) is 0 Å². The van der Waals surface area contributed by atoms with Crippen LogP contribution in [0.4, 0.5) is 0 Å². The van der Waals surface area contributed by atoms with Crippen LogP contribution in [0.15, 0.2) is 16.7 Å². The summed E-state index contributed by atoms with van der Waals surface area (Å²) in [4.78, 5) is 11.7. The zero-order valence-corrected chi connectivity index (χ0v) is 12.8. The van der Waals surface area contributed by atoms with Crippen LogP contribution in [0.2, 0.25) is 0 Å². The van der Waals surface area contributed by atoms with E-state index in [2.05, 4.69) is 26.1 Å².